The Labute approximate surface area is 58.6 Å². The smallest absolute Gasteiger partial charge is 0.180 e. The third-order valence-corrected chi connectivity index (χ3v) is 1.32. The number of halogens is 1. The summed E-state index contributed by atoms with van der Waals surface area (Å²) < 4.78 is 12.4. The molecule has 0 aromatic heterocycles. The van der Waals surface area contributed by atoms with Gasteiger partial charge in [-0.1, -0.05) is 0 Å². The van der Waals surface area contributed by atoms with Crippen molar-refractivity contribution in [3.63, 3.8) is 0 Å². The monoisotopic (exact) mass is 143 g/mol. The molecular formula is C6H10FN3. The highest BCUT2D eigenvalue weighted by molar-refractivity contribution is 5.73. The maximum Gasteiger partial charge on any atom is 0.180 e. The summed E-state index contributed by atoms with van der Waals surface area (Å²) in [6.45, 7) is 0. The Balaban J connectivity index is 2.43. The molecule has 0 unspecified atom stereocenters. The van der Waals surface area contributed by atoms with Gasteiger partial charge in [-0.05, 0) is 12.8 Å². The first kappa shape index (κ1) is 7.05. The van der Waals surface area contributed by atoms with Gasteiger partial charge >= 0.3 is 0 Å². The minimum atomic E-state index is -0.688. The second-order valence-electron chi connectivity index (χ2n) is 2.32. The van der Waals surface area contributed by atoms with Crippen molar-refractivity contribution in [2.75, 3.05) is 0 Å². The molecule has 0 aromatic rings. The van der Waals surface area contributed by atoms with Gasteiger partial charge in [-0.25, -0.2) is 4.39 Å². The van der Waals surface area contributed by atoms with Gasteiger partial charge in [-0.2, -0.15) is 0 Å². The van der Waals surface area contributed by atoms with Crippen molar-refractivity contribution in [3.05, 3.63) is 11.6 Å². The fourth-order valence-corrected chi connectivity index (χ4v) is 0.594. The normalized spacial score (nSPS) is 19.7. The summed E-state index contributed by atoms with van der Waals surface area (Å²) in [5, 5.41) is 9.26. The van der Waals surface area contributed by atoms with E-state index in [9.17, 15) is 4.39 Å². The minimum Gasteiger partial charge on any atom is -0.383 e. The van der Waals surface area contributed by atoms with Crippen LogP contribution in [-0.2, 0) is 0 Å². The molecule has 0 heterocycles. The van der Waals surface area contributed by atoms with Crippen LogP contribution in [0.25, 0.3) is 0 Å². The maximum absolute atomic E-state index is 12.4. The van der Waals surface area contributed by atoms with Crippen LogP contribution in [0.3, 0.4) is 0 Å². The van der Waals surface area contributed by atoms with Gasteiger partial charge in [0.2, 0.25) is 0 Å². The van der Waals surface area contributed by atoms with Gasteiger partial charge in [0.15, 0.2) is 5.83 Å². The Hall–Kier alpha value is -1.06. The van der Waals surface area contributed by atoms with E-state index in [0.717, 1.165) is 12.8 Å². The molecular weight excluding hydrogens is 133 g/mol. The molecule has 1 saturated carbocycles. The van der Waals surface area contributed by atoms with E-state index in [0.29, 0.717) is 12.3 Å². The molecule has 0 aliphatic heterocycles. The average Bonchev–Trinajstić information content (AvgIpc) is 2.70. The highest BCUT2D eigenvalue weighted by Gasteiger charge is 2.21. The molecule has 1 fully saturated rings. The lowest BCUT2D eigenvalue weighted by atomic mass is 10.5. The molecule has 10 heavy (non-hydrogen) atoms. The van der Waals surface area contributed by atoms with E-state index in [1.54, 1.807) is 0 Å². The van der Waals surface area contributed by atoms with Crippen LogP contribution in [0.2, 0.25) is 0 Å². The third kappa shape index (κ3) is 1.72. The molecule has 0 saturated heterocycles. The molecule has 0 spiro atoms. The van der Waals surface area contributed by atoms with Crippen molar-refractivity contribution in [2.45, 2.75) is 18.9 Å². The van der Waals surface area contributed by atoms with E-state index in [2.05, 4.69) is 5.32 Å². The van der Waals surface area contributed by atoms with Crippen LogP contribution < -0.4 is 11.1 Å². The zero-order valence-electron chi connectivity index (χ0n) is 5.52. The fourth-order valence-electron chi connectivity index (χ4n) is 0.594. The molecule has 0 atom stereocenters. The van der Waals surface area contributed by atoms with Gasteiger partial charge in [0.1, 0.15) is 5.82 Å². The molecule has 4 heteroatoms. The molecule has 3 nitrogen and oxygen atoms in total. The van der Waals surface area contributed by atoms with Crippen LogP contribution in [0.1, 0.15) is 12.8 Å². The van der Waals surface area contributed by atoms with E-state index < -0.39 is 5.83 Å². The second kappa shape index (κ2) is 2.68. The summed E-state index contributed by atoms with van der Waals surface area (Å²) in [5.41, 5.74) is 5.21. The molecule has 56 valence electrons. The summed E-state index contributed by atoms with van der Waals surface area (Å²) in [4.78, 5) is 0. The molecule has 4 N–H and O–H groups in total. The average molecular weight is 143 g/mol. The number of nitrogens with one attached hydrogen (secondary N) is 2. The summed E-state index contributed by atoms with van der Waals surface area (Å²) in [6, 6.07) is 0.339. The Kier molecular flexibility index (Phi) is 1.89. The molecule has 0 bridgehead atoms. The lowest BCUT2D eigenvalue weighted by Crippen LogP contribution is -2.23. The molecule has 0 radical (unpaired) electrons. The van der Waals surface area contributed by atoms with Crippen molar-refractivity contribution < 1.29 is 4.39 Å². The minimum absolute atomic E-state index is 0.0162. The lowest BCUT2D eigenvalue weighted by molar-refractivity contribution is 0.640. The largest absolute Gasteiger partial charge is 0.383 e. The van der Waals surface area contributed by atoms with E-state index in [-0.39, 0.29) is 5.82 Å². The second-order valence-corrected chi connectivity index (χ2v) is 2.32. The van der Waals surface area contributed by atoms with E-state index >= 15 is 0 Å². The van der Waals surface area contributed by atoms with Crippen molar-refractivity contribution in [1.82, 2.24) is 5.32 Å². The topological polar surface area (TPSA) is 61.9 Å². The zero-order chi connectivity index (χ0) is 7.56. The van der Waals surface area contributed by atoms with Crippen molar-refractivity contribution in [2.24, 2.45) is 5.73 Å². The predicted octanol–water partition coefficient (Wildman–Crippen LogP) is 0.485. The van der Waals surface area contributed by atoms with Gasteiger partial charge in [-0.15, -0.1) is 0 Å². The fraction of sp³-hybridized carbons (Fsp3) is 0.500. The van der Waals surface area contributed by atoms with Gasteiger partial charge < -0.3 is 16.5 Å². The first-order chi connectivity index (χ1) is 4.74. The molecule has 1 rings (SSSR count). The summed E-state index contributed by atoms with van der Waals surface area (Å²) in [7, 11) is 0. The number of rotatable bonds is 3. The SMILES string of the molecule is N=C/C(F)=C(\N)NC1CC1. The highest BCUT2D eigenvalue weighted by atomic mass is 19.1. The number of allylic oxidation sites excluding steroid dienone is 1. The summed E-state index contributed by atoms with van der Waals surface area (Å²) in [6.07, 6.45) is 2.70. The van der Waals surface area contributed by atoms with Crippen LogP contribution in [0, 0.1) is 5.41 Å². The van der Waals surface area contributed by atoms with E-state index in [4.69, 9.17) is 11.1 Å². The van der Waals surface area contributed by atoms with Crippen LogP contribution in [0.5, 0.6) is 0 Å². The first-order valence-electron chi connectivity index (χ1n) is 3.16. The van der Waals surface area contributed by atoms with Crippen molar-refractivity contribution in [3.8, 4) is 0 Å². The third-order valence-electron chi connectivity index (χ3n) is 1.32. The van der Waals surface area contributed by atoms with Crippen molar-refractivity contribution >= 4 is 6.21 Å². The van der Waals surface area contributed by atoms with Gasteiger partial charge in [-0.3, -0.25) is 0 Å². The molecule has 1 aliphatic carbocycles. The van der Waals surface area contributed by atoms with Crippen LogP contribution >= 0.6 is 0 Å². The summed E-state index contributed by atoms with van der Waals surface area (Å²) in [5.74, 6) is -0.704. The predicted molar refractivity (Wildman–Crippen MR) is 37.3 cm³/mol. The quantitative estimate of drug-likeness (QED) is 0.503. The number of hydrogen-bond donors (Lipinski definition) is 3. The van der Waals surface area contributed by atoms with E-state index in [1.807, 2.05) is 0 Å². The van der Waals surface area contributed by atoms with Gasteiger partial charge in [0, 0.05) is 6.04 Å². The zero-order valence-corrected chi connectivity index (χ0v) is 5.52. The highest BCUT2D eigenvalue weighted by Crippen LogP contribution is 2.19. The maximum atomic E-state index is 12.4. The Morgan fingerprint density at radius 2 is 2.30 bits per heavy atom. The van der Waals surface area contributed by atoms with E-state index in [1.165, 1.54) is 0 Å². The first-order valence-corrected chi connectivity index (χ1v) is 3.16. The Bertz CT molecular complexity index is 172. The molecule has 1 aliphatic rings. The Morgan fingerprint density at radius 3 is 2.70 bits per heavy atom. The van der Waals surface area contributed by atoms with Crippen LogP contribution in [0.15, 0.2) is 11.6 Å². The van der Waals surface area contributed by atoms with Gasteiger partial charge in [0.05, 0.1) is 6.21 Å². The molecule has 0 amide bonds. The van der Waals surface area contributed by atoms with Crippen LogP contribution in [-0.4, -0.2) is 12.3 Å². The van der Waals surface area contributed by atoms with Crippen LogP contribution in [0.4, 0.5) is 4.39 Å². The Morgan fingerprint density at radius 1 is 1.70 bits per heavy atom. The summed E-state index contributed by atoms with van der Waals surface area (Å²) >= 11 is 0. The number of hydrogen-bond acceptors (Lipinski definition) is 3. The van der Waals surface area contributed by atoms with Gasteiger partial charge in [0.25, 0.3) is 0 Å². The lowest BCUT2D eigenvalue weighted by Gasteiger charge is -2.02. The molecule has 0 aromatic carbocycles. The standard InChI is InChI=1S/C6H10FN3/c7-5(3-8)6(9)10-4-1-2-4/h3-4,8,10H,1-2,9H2/b6-5-,8-3?. The van der Waals surface area contributed by atoms with Crippen molar-refractivity contribution in [1.29, 1.82) is 5.41 Å². The number of nitrogens with two attached hydrogens (primary N) is 1.